The lowest BCUT2D eigenvalue weighted by molar-refractivity contribution is 0.0606. The fourth-order valence-electron chi connectivity index (χ4n) is 2.58. The summed E-state index contributed by atoms with van der Waals surface area (Å²) in [4.78, 5) is 28.2. The zero-order valence-electron chi connectivity index (χ0n) is 13.0. The normalized spacial score (nSPS) is 15.5. The van der Waals surface area contributed by atoms with Crippen LogP contribution in [0.1, 0.15) is 20.9 Å². The van der Waals surface area contributed by atoms with E-state index in [0.29, 0.717) is 35.6 Å². The van der Waals surface area contributed by atoms with Crippen molar-refractivity contribution in [1.82, 2.24) is 15.1 Å². The Morgan fingerprint density at radius 1 is 1.21 bits per heavy atom. The third-order valence-corrected chi connectivity index (χ3v) is 5.05. The van der Waals surface area contributed by atoms with E-state index in [9.17, 15) is 9.59 Å². The summed E-state index contributed by atoms with van der Waals surface area (Å²) in [6, 6.07) is 5.22. The molecule has 3 heterocycles. The summed E-state index contributed by atoms with van der Waals surface area (Å²) in [6.45, 7) is 4.30. The van der Waals surface area contributed by atoms with Gasteiger partial charge in [-0.1, -0.05) is 0 Å². The fourth-order valence-corrected chi connectivity index (χ4v) is 3.53. The Labute approximate surface area is 152 Å². The molecule has 0 aromatic carbocycles. The van der Waals surface area contributed by atoms with Crippen LogP contribution in [-0.4, -0.2) is 60.9 Å². The Bertz CT molecular complexity index is 693. The molecule has 2 aromatic rings. The molecule has 0 radical (unpaired) electrons. The Morgan fingerprint density at radius 2 is 2.00 bits per heavy atom. The van der Waals surface area contributed by atoms with Gasteiger partial charge in [0.1, 0.15) is 0 Å². The summed E-state index contributed by atoms with van der Waals surface area (Å²) >= 11 is 4.72. The van der Waals surface area contributed by atoms with Gasteiger partial charge in [-0.15, -0.1) is 0 Å². The van der Waals surface area contributed by atoms with Crippen molar-refractivity contribution < 1.29 is 14.0 Å². The molecule has 2 aromatic heterocycles. The van der Waals surface area contributed by atoms with Crippen LogP contribution in [0.3, 0.4) is 0 Å². The van der Waals surface area contributed by atoms with Gasteiger partial charge in [-0.25, -0.2) is 0 Å². The standard InChI is InChI=1S/C16H18BrN3O3S/c17-14-2-1-13(23-14)16(22)20-8-6-19(7-9-20)5-4-18-15(21)12-3-10-24-11-12/h1-3,10-11H,4-9H2,(H,18,21). The average Bonchev–Trinajstić information content (AvgIpc) is 3.26. The Kier molecular flexibility index (Phi) is 5.70. The van der Waals surface area contributed by atoms with Crippen LogP contribution in [0.5, 0.6) is 0 Å². The summed E-state index contributed by atoms with van der Waals surface area (Å²) in [6.07, 6.45) is 0. The van der Waals surface area contributed by atoms with Gasteiger partial charge in [-0.05, 0) is 39.5 Å². The van der Waals surface area contributed by atoms with Crippen LogP contribution in [0.4, 0.5) is 0 Å². The first-order valence-corrected chi connectivity index (χ1v) is 9.44. The number of hydrogen-bond donors (Lipinski definition) is 1. The van der Waals surface area contributed by atoms with Gasteiger partial charge in [0.25, 0.3) is 11.8 Å². The van der Waals surface area contributed by atoms with Crippen LogP contribution in [0.2, 0.25) is 0 Å². The van der Waals surface area contributed by atoms with E-state index < -0.39 is 0 Å². The van der Waals surface area contributed by atoms with Gasteiger partial charge in [0, 0.05) is 50.2 Å². The topological polar surface area (TPSA) is 65.8 Å². The van der Waals surface area contributed by atoms with Crippen molar-refractivity contribution >= 4 is 39.1 Å². The van der Waals surface area contributed by atoms with Crippen molar-refractivity contribution in [2.24, 2.45) is 0 Å². The smallest absolute Gasteiger partial charge is 0.289 e. The molecule has 0 saturated carbocycles. The summed E-state index contributed by atoms with van der Waals surface area (Å²) in [5.41, 5.74) is 0.708. The van der Waals surface area contributed by atoms with Gasteiger partial charge < -0.3 is 14.6 Å². The molecule has 3 rings (SSSR count). The summed E-state index contributed by atoms with van der Waals surface area (Å²) < 4.78 is 5.88. The summed E-state index contributed by atoms with van der Waals surface area (Å²) in [7, 11) is 0. The molecule has 24 heavy (non-hydrogen) atoms. The van der Waals surface area contributed by atoms with Crippen molar-refractivity contribution in [1.29, 1.82) is 0 Å². The van der Waals surface area contributed by atoms with E-state index in [1.54, 1.807) is 17.0 Å². The highest BCUT2D eigenvalue weighted by Gasteiger charge is 2.24. The van der Waals surface area contributed by atoms with E-state index in [1.165, 1.54) is 11.3 Å². The maximum atomic E-state index is 12.3. The molecule has 6 nitrogen and oxygen atoms in total. The van der Waals surface area contributed by atoms with Crippen LogP contribution in [-0.2, 0) is 0 Å². The number of nitrogens with zero attached hydrogens (tertiary/aromatic N) is 2. The number of carbonyl (C=O) groups is 2. The second-order valence-corrected chi connectivity index (χ2v) is 7.07. The molecule has 1 saturated heterocycles. The first-order chi connectivity index (χ1) is 11.6. The van der Waals surface area contributed by atoms with Crippen molar-refractivity contribution in [3.8, 4) is 0 Å². The molecule has 8 heteroatoms. The van der Waals surface area contributed by atoms with Crippen molar-refractivity contribution in [2.45, 2.75) is 0 Å². The molecule has 128 valence electrons. The monoisotopic (exact) mass is 411 g/mol. The highest BCUT2D eigenvalue weighted by molar-refractivity contribution is 9.10. The van der Waals surface area contributed by atoms with E-state index in [0.717, 1.165) is 19.6 Å². The number of nitrogens with one attached hydrogen (secondary N) is 1. The molecule has 0 bridgehead atoms. The Balaban J connectivity index is 1.39. The maximum absolute atomic E-state index is 12.3. The van der Waals surface area contributed by atoms with E-state index in [2.05, 4.69) is 26.1 Å². The lowest BCUT2D eigenvalue weighted by Crippen LogP contribution is -2.50. The van der Waals surface area contributed by atoms with E-state index in [1.807, 2.05) is 16.8 Å². The van der Waals surface area contributed by atoms with Gasteiger partial charge in [-0.3, -0.25) is 14.5 Å². The molecular formula is C16H18BrN3O3S. The fraction of sp³-hybridized carbons (Fsp3) is 0.375. The first-order valence-electron chi connectivity index (χ1n) is 7.71. The SMILES string of the molecule is O=C(NCCN1CCN(C(=O)c2ccc(Br)o2)CC1)c1ccsc1. The van der Waals surface area contributed by atoms with E-state index in [-0.39, 0.29) is 11.8 Å². The second-order valence-electron chi connectivity index (χ2n) is 5.51. The number of furan rings is 1. The minimum atomic E-state index is -0.0777. The van der Waals surface area contributed by atoms with Crippen LogP contribution < -0.4 is 5.32 Å². The molecule has 1 aliphatic heterocycles. The Hall–Kier alpha value is -1.64. The van der Waals surface area contributed by atoms with E-state index in [4.69, 9.17) is 4.42 Å². The highest BCUT2D eigenvalue weighted by Crippen LogP contribution is 2.16. The Morgan fingerprint density at radius 3 is 2.62 bits per heavy atom. The number of rotatable bonds is 5. The van der Waals surface area contributed by atoms with Gasteiger partial charge in [0.05, 0.1) is 0 Å². The van der Waals surface area contributed by atoms with E-state index >= 15 is 0 Å². The zero-order valence-corrected chi connectivity index (χ0v) is 15.4. The van der Waals surface area contributed by atoms with Crippen LogP contribution in [0.25, 0.3) is 0 Å². The van der Waals surface area contributed by atoms with Gasteiger partial charge in [0.2, 0.25) is 0 Å². The lowest BCUT2D eigenvalue weighted by atomic mass is 10.2. The molecule has 0 spiro atoms. The van der Waals surface area contributed by atoms with Crippen LogP contribution in [0.15, 0.2) is 38.0 Å². The lowest BCUT2D eigenvalue weighted by Gasteiger charge is -2.34. The molecular weight excluding hydrogens is 394 g/mol. The van der Waals surface area contributed by atoms with Crippen molar-refractivity contribution in [3.05, 3.63) is 45.0 Å². The predicted molar refractivity (Wildman–Crippen MR) is 95.4 cm³/mol. The average molecular weight is 412 g/mol. The predicted octanol–water partition coefficient (Wildman–Crippen LogP) is 2.29. The van der Waals surface area contributed by atoms with Crippen LogP contribution >= 0.6 is 27.3 Å². The number of thiophene rings is 1. The number of carbonyl (C=O) groups excluding carboxylic acids is 2. The third kappa shape index (κ3) is 4.25. The zero-order chi connectivity index (χ0) is 16.9. The molecule has 1 fully saturated rings. The number of hydrogen-bond acceptors (Lipinski definition) is 5. The number of piperazine rings is 1. The van der Waals surface area contributed by atoms with Gasteiger partial charge in [0.15, 0.2) is 10.4 Å². The van der Waals surface area contributed by atoms with Gasteiger partial charge >= 0.3 is 0 Å². The van der Waals surface area contributed by atoms with Gasteiger partial charge in [-0.2, -0.15) is 11.3 Å². The number of amides is 2. The molecule has 2 amide bonds. The molecule has 0 aliphatic carbocycles. The summed E-state index contributed by atoms with van der Waals surface area (Å²) in [5.74, 6) is 0.248. The van der Waals surface area contributed by atoms with Crippen molar-refractivity contribution in [3.63, 3.8) is 0 Å². The molecule has 0 unspecified atom stereocenters. The quantitative estimate of drug-likeness (QED) is 0.819. The molecule has 1 aliphatic rings. The van der Waals surface area contributed by atoms with Crippen molar-refractivity contribution in [2.75, 3.05) is 39.3 Å². The summed E-state index contributed by atoms with van der Waals surface area (Å²) in [5, 5.41) is 6.65. The first kappa shape index (κ1) is 17.2. The minimum absolute atomic E-state index is 0.0338. The molecule has 1 N–H and O–H groups in total. The third-order valence-electron chi connectivity index (χ3n) is 3.94. The second kappa shape index (κ2) is 7.96. The number of halogens is 1. The van der Waals surface area contributed by atoms with Crippen LogP contribution in [0, 0.1) is 0 Å². The molecule has 0 atom stereocenters. The maximum Gasteiger partial charge on any atom is 0.289 e. The minimum Gasteiger partial charge on any atom is -0.444 e. The highest BCUT2D eigenvalue weighted by atomic mass is 79.9. The largest absolute Gasteiger partial charge is 0.444 e.